The number of carbonyl (C=O) groups excluding carboxylic acids is 5. The number of anilines is 1. The maximum absolute atomic E-state index is 13.2. The largest absolute Gasteiger partial charge is 0.379 e. The Balaban J connectivity index is 0.971. The van der Waals surface area contributed by atoms with Gasteiger partial charge >= 0.3 is 0 Å². The van der Waals surface area contributed by atoms with Crippen LogP contribution < -0.4 is 10.6 Å². The SMILES string of the molecule is CCCCCCCOCCOCCOCCOCCOCCOCCOCCOCCOCCOCCOCCCCCC(=O)Nc1cccc2c1C(=O)N(C1CCC(=O)NC1=O)C2=O. The van der Waals surface area contributed by atoms with Crippen LogP contribution in [0.2, 0.25) is 0 Å². The van der Waals surface area contributed by atoms with E-state index in [1.54, 1.807) is 12.1 Å². The van der Waals surface area contributed by atoms with Crippen LogP contribution >= 0.6 is 0 Å². The van der Waals surface area contributed by atoms with Gasteiger partial charge < -0.3 is 57.4 Å². The molecule has 2 N–H and O–H groups in total. The minimum absolute atomic E-state index is 0.0279. The number of unbranched alkanes of at least 4 members (excludes halogenated alkanes) is 6. The molecular formula is C46H75N3O16. The monoisotopic (exact) mass is 926 g/mol. The van der Waals surface area contributed by atoms with Crippen molar-refractivity contribution < 1.29 is 76.1 Å². The van der Waals surface area contributed by atoms with E-state index < -0.39 is 29.7 Å². The van der Waals surface area contributed by atoms with Gasteiger partial charge in [0.25, 0.3) is 11.8 Å². The number of hydrogen-bond donors (Lipinski definition) is 2. The van der Waals surface area contributed by atoms with Crippen molar-refractivity contribution in [3.63, 3.8) is 0 Å². The molecule has 0 spiro atoms. The number of imide groups is 2. The van der Waals surface area contributed by atoms with Crippen molar-refractivity contribution in [3.05, 3.63) is 29.3 Å². The van der Waals surface area contributed by atoms with Crippen LogP contribution in [-0.4, -0.2) is 186 Å². The third kappa shape index (κ3) is 25.3. The van der Waals surface area contributed by atoms with Gasteiger partial charge in [-0.2, -0.15) is 0 Å². The summed E-state index contributed by atoms with van der Waals surface area (Å²) in [6.07, 6.45) is 8.67. The van der Waals surface area contributed by atoms with E-state index in [9.17, 15) is 24.0 Å². The highest BCUT2D eigenvalue weighted by Crippen LogP contribution is 2.32. The molecule has 2 heterocycles. The number of carbonyl (C=O) groups is 5. The van der Waals surface area contributed by atoms with Gasteiger partial charge in [0.15, 0.2) is 0 Å². The molecule has 0 aromatic heterocycles. The number of nitrogens with one attached hydrogen (secondary N) is 2. The number of ether oxygens (including phenoxy) is 11. The Bertz CT molecular complexity index is 1470. The minimum Gasteiger partial charge on any atom is -0.379 e. The Hall–Kier alpha value is -3.47. The maximum Gasteiger partial charge on any atom is 0.264 e. The van der Waals surface area contributed by atoms with Crippen LogP contribution in [0, 0.1) is 0 Å². The minimum atomic E-state index is -1.07. The summed E-state index contributed by atoms with van der Waals surface area (Å²) in [5.74, 6) is -2.72. The topological polar surface area (TPSA) is 214 Å². The summed E-state index contributed by atoms with van der Waals surface area (Å²) in [6, 6.07) is 3.53. The zero-order chi connectivity index (χ0) is 46.4. The third-order valence-corrected chi connectivity index (χ3v) is 10.0. The Kier molecular flexibility index (Phi) is 32.3. The highest BCUT2D eigenvalue weighted by atomic mass is 16.6. The van der Waals surface area contributed by atoms with Crippen molar-refractivity contribution in [2.45, 2.75) is 83.6 Å². The number of nitrogens with zero attached hydrogens (tertiary/aromatic N) is 1. The van der Waals surface area contributed by atoms with Crippen LogP contribution in [-0.2, 0) is 66.5 Å². The predicted molar refractivity (Wildman–Crippen MR) is 238 cm³/mol. The summed E-state index contributed by atoms with van der Waals surface area (Å²) in [5.41, 5.74) is 0.382. The van der Waals surface area contributed by atoms with Gasteiger partial charge in [0.1, 0.15) is 6.04 Å². The van der Waals surface area contributed by atoms with Gasteiger partial charge in [-0.3, -0.25) is 34.2 Å². The normalized spacial score (nSPS) is 15.0. The van der Waals surface area contributed by atoms with Crippen molar-refractivity contribution in [1.82, 2.24) is 10.2 Å². The van der Waals surface area contributed by atoms with Crippen molar-refractivity contribution in [2.75, 3.05) is 151 Å². The zero-order valence-electron chi connectivity index (χ0n) is 38.6. The first-order valence-corrected chi connectivity index (χ1v) is 23.4. The van der Waals surface area contributed by atoms with Crippen LogP contribution in [0.5, 0.6) is 0 Å². The molecule has 19 heteroatoms. The highest BCUT2D eigenvalue weighted by Gasteiger charge is 2.45. The first kappa shape index (κ1) is 55.9. The number of fused-ring (bicyclic) bond motifs is 1. The molecule has 3 rings (SSSR count). The summed E-state index contributed by atoms with van der Waals surface area (Å²) in [7, 11) is 0. The quantitative estimate of drug-likeness (QED) is 0.0705. The van der Waals surface area contributed by atoms with Crippen molar-refractivity contribution in [3.8, 4) is 0 Å². The average Bonchev–Trinajstić information content (AvgIpc) is 3.55. The molecule has 2 aliphatic heterocycles. The van der Waals surface area contributed by atoms with Crippen LogP contribution in [0.1, 0.15) is 98.3 Å². The van der Waals surface area contributed by atoms with Crippen LogP contribution in [0.25, 0.3) is 0 Å². The van der Waals surface area contributed by atoms with Gasteiger partial charge in [-0.1, -0.05) is 45.1 Å². The number of benzene rings is 1. The van der Waals surface area contributed by atoms with E-state index in [4.69, 9.17) is 52.1 Å². The molecule has 1 atom stereocenters. The second-order valence-corrected chi connectivity index (χ2v) is 15.2. The Morgan fingerprint density at radius 1 is 0.538 bits per heavy atom. The molecule has 0 bridgehead atoms. The van der Waals surface area contributed by atoms with E-state index in [1.165, 1.54) is 31.7 Å². The fraction of sp³-hybridized carbons (Fsp3) is 0.761. The van der Waals surface area contributed by atoms with Crippen molar-refractivity contribution in [1.29, 1.82) is 0 Å². The fourth-order valence-electron chi connectivity index (χ4n) is 6.61. The summed E-state index contributed by atoms with van der Waals surface area (Å²) >= 11 is 0. The Morgan fingerprint density at radius 2 is 0.938 bits per heavy atom. The summed E-state index contributed by atoms with van der Waals surface area (Å²) in [4.78, 5) is 63.6. The first-order valence-electron chi connectivity index (χ1n) is 23.4. The molecule has 370 valence electrons. The third-order valence-electron chi connectivity index (χ3n) is 10.0. The molecule has 1 unspecified atom stereocenters. The number of hydrogen-bond acceptors (Lipinski definition) is 16. The van der Waals surface area contributed by atoms with Crippen LogP contribution in [0.3, 0.4) is 0 Å². The van der Waals surface area contributed by atoms with Gasteiger partial charge in [-0.25, -0.2) is 0 Å². The molecule has 0 aliphatic carbocycles. The second kappa shape index (κ2) is 37.6. The molecule has 1 saturated heterocycles. The van der Waals surface area contributed by atoms with E-state index in [0.717, 1.165) is 30.8 Å². The van der Waals surface area contributed by atoms with E-state index in [1.807, 2.05) is 0 Å². The first-order chi connectivity index (χ1) is 31.9. The predicted octanol–water partition coefficient (Wildman–Crippen LogP) is 3.74. The number of amides is 5. The summed E-state index contributed by atoms with van der Waals surface area (Å²) in [5, 5.41) is 4.91. The lowest BCUT2D eigenvalue weighted by atomic mass is 10.0. The van der Waals surface area contributed by atoms with E-state index in [-0.39, 0.29) is 42.0 Å². The molecule has 2 aliphatic rings. The van der Waals surface area contributed by atoms with Gasteiger partial charge in [-0.05, 0) is 37.8 Å². The fourth-order valence-corrected chi connectivity index (χ4v) is 6.61. The van der Waals surface area contributed by atoms with Gasteiger partial charge in [0.05, 0.1) is 149 Å². The van der Waals surface area contributed by atoms with E-state index in [0.29, 0.717) is 145 Å². The highest BCUT2D eigenvalue weighted by molar-refractivity contribution is 6.26. The van der Waals surface area contributed by atoms with Crippen molar-refractivity contribution in [2.24, 2.45) is 0 Å². The van der Waals surface area contributed by atoms with Gasteiger partial charge in [0.2, 0.25) is 17.7 Å². The molecule has 5 amide bonds. The van der Waals surface area contributed by atoms with E-state index >= 15 is 0 Å². The molecule has 65 heavy (non-hydrogen) atoms. The van der Waals surface area contributed by atoms with Crippen molar-refractivity contribution >= 4 is 35.2 Å². The maximum atomic E-state index is 13.2. The molecule has 1 fully saturated rings. The van der Waals surface area contributed by atoms with Gasteiger partial charge in [0, 0.05) is 26.1 Å². The lowest BCUT2D eigenvalue weighted by Crippen LogP contribution is -2.54. The smallest absolute Gasteiger partial charge is 0.264 e. The molecule has 1 aromatic carbocycles. The summed E-state index contributed by atoms with van der Waals surface area (Å²) in [6.45, 7) is 13.5. The van der Waals surface area contributed by atoms with Crippen LogP contribution in [0.15, 0.2) is 18.2 Å². The standard InChI is InChI=1S/C46H75N3O16/c1-2-3-4-5-8-16-55-18-20-57-22-24-59-26-28-61-30-32-63-34-36-65-37-35-64-33-31-62-29-27-60-25-23-58-21-19-56-17-9-6-7-13-41(50)47-39-12-10-11-38-43(39)46(54)49(45(38)53)40-14-15-42(51)48-44(40)52/h10-12,40H,2-9,13-37H2,1H3,(H,47,50)(H,48,51,52). The van der Waals surface area contributed by atoms with Crippen LogP contribution in [0.4, 0.5) is 5.69 Å². The Morgan fingerprint density at radius 3 is 1.35 bits per heavy atom. The molecule has 19 nitrogen and oxygen atoms in total. The Labute approximate surface area is 384 Å². The average molecular weight is 926 g/mol. The molecule has 0 radical (unpaired) electrons. The van der Waals surface area contributed by atoms with Gasteiger partial charge in [-0.15, -0.1) is 0 Å². The molecule has 1 aromatic rings. The second-order valence-electron chi connectivity index (χ2n) is 15.2. The number of rotatable bonds is 44. The summed E-state index contributed by atoms with van der Waals surface area (Å²) < 4.78 is 60.8. The lowest BCUT2D eigenvalue weighted by molar-refractivity contribution is -0.136. The van der Waals surface area contributed by atoms with E-state index in [2.05, 4.69) is 17.6 Å². The zero-order valence-corrected chi connectivity index (χ0v) is 38.6. The lowest BCUT2D eigenvalue weighted by Gasteiger charge is -2.27. The molecule has 0 saturated carbocycles. The molecular weight excluding hydrogens is 851 g/mol. The number of piperidine rings is 1.